The van der Waals surface area contributed by atoms with Gasteiger partial charge in [0.05, 0.1) is 19.5 Å². The van der Waals surface area contributed by atoms with Crippen LogP contribution in [0.5, 0.6) is 0 Å². The summed E-state index contributed by atoms with van der Waals surface area (Å²) in [6.07, 6.45) is 22.9. The van der Waals surface area contributed by atoms with Crippen LogP contribution in [0.25, 0.3) is 57.0 Å². The van der Waals surface area contributed by atoms with E-state index in [0.717, 1.165) is 159 Å². The van der Waals surface area contributed by atoms with Crippen molar-refractivity contribution in [2.45, 2.75) is 183 Å². The molecule has 4 amide bonds. The number of alkyl halides is 3. The molecule has 12 heterocycles. The van der Waals surface area contributed by atoms with E-state index >= 15 is 0 Å². The van der Waals surface area contributed by atoms with Gasteiger partial charge in [0, 0.05) is 130 Å². The highest BCUT2D eigenvalue weighted by Crippen LogP contribution is 2.38. The quantitative estimate of drug-likeness (QED) is 0.0217. The van der Waals surface area contributed by atoms with Gasteiger partial charge in [-0.2, -0.15) is 13.2 Å². The van der Waals surface area contributed by atoms with E-state index in [1.807, 2.05) is 116 Å². The number of hydrogen-bond donors (Lipinski definition) is 5. The highest BCUT2D eigenvalue weighted by atomic mass is 35.5. The van der Waals surface area contributed by atoms with Gasteiger partial charge in [0.2, 0.25) is 41.0 Å². The number of anilines is 2. The van der Waals surface area contributed by atoms with Crippen molar-refractivity contribution < 1.29 is 79.4 Å². The number of nitrogen functional groups attached to an aromatic ring is 2. The van der Waals surface area contributed by atoms with Gasteiger partial charge in [-0.05, 0) is 224 Å². The Labute approximate surface area is 700 Å². The number of methoxy groups -OCH3 is 1. The molecule has 4 atom stereocenters. The molecule has 0 unspecified atom stereocenters. The number of nitrogens with zero attached hydrogens (tertiary/aromatic N) is 13. The standard InChI is InChI=1S/C25H26N8O3.C17H14N6O3.C15H25NO3.C11H21NO2.C9H16N2O.C4H5ClO.C2HF3O.CH4/c1-14-10-28-18-5-4-17(13-33(14)18)19-20(24-27-7-9-36-24)31-22(26)21(30-19)23(34)29-11-15-6-8-32(12-15)25(35)16-2-3-16;1-9-7-20-11-4-3-10(8-23(9)11)12-13(16-19-5-6-26-16)22-15(18)14(21-12)17(24)25-2;1-15(2,3)19-13(17)7-4-11-8-9-16(10-11)14(18)12-5-6-12;1-11(2,3)14-10(13)5-4-9-6-7-12-8-9;10-5-7-3-4-11(6-7)9(12)8-1-2-8;5-4(6)3-1-2-3;3-2(4,5)1-6;/h4-5,7,9-10,13,15-16H,2-3,6,8,11-12H2,1H3,(H2,26,31)(H,29,34);3-8H,1-2H3,(H2,18,22);11-12H,4-10H2,1-3H3;9,12H,4-8H2,1-3H3;7-8H,1-6,10H2;3H,1-2H2;1H;1H4/t15-;;11-;9-;7-;;;/m1.001.../s1. The number of ether oxygens (including phenoxy) is 3. The first kappa shape index (κ1) is 93.1. The van der Waals surface area contributed by atoms with Crippen LogP contribution in [0.15, 0.2) is 82.8 Å². The van der Waals surface area contributed by atoms with Gasteiger partial charge in [-0.1, -0.05) is 7.43 Å². The number of pyridine rings is 2. The summed E-state index contributed by atoms with van der Waals surface area (Å²) >= 11 is 5.04. The lowest BCUT2D eigenvalue weighted by Gasteiger charge is -2.20. The second-order valence-electron chi connectivity index (χ2n) is 33.0. The molecule has 32 nitrogen and oxygen atoms in total. The first-order valence-electron chi connectivity index (χ1n) is 40.4. The highest BCUT2D eigenvalue weighted by Gasteiger charge is 2.40. The normalized spacial score (nSPS) is 18.5. The fourth-order valence-electron chi connectivity index (χ4n) is 13.7. The fourth-order valence-corrected chi connectivity index (χ4v) is 13.9. The van der Waals surface area contributed by atoms with Crippen molar-refractivity contribution in [2.24, 2.45) is 53.1 Å². The SMILES string of the molecule is C.CC(C)(C)OC(=O)CC[C@H]1CCN(C(=O)C2CC2)C1.CC(C)(C)OC(=O)CC[C@H]1CCNC1.COC(=O)c1nc(-c2ccc3ncc(C)n3c2)c(-c2ncco2)nc1N.Cc1cnc2ccc(-c3nc(C(=O)NC[C@H]4CCN(C(=O)C5CC5)C4)c(N)nc3-c3ncco3)cn12.NC[C@H]1CCN(C(=O)C2CC2)C1.O=C(Cl)C1CC1.O=CC(F)(F)F. The largest absolute Gasteiger partial charge is 0.464 e. The molecular weight excluding hydrogens is 1580 g/mol. The Morgan fingerprint density at radius 3 is 1.37 bits per heavy atom. The molecule has 4 aliphatic heterocycles. The molecule has 120 heavy (non-hydrogen) atoms. The van der Waals surface area contributed by atoms with Crippen molar-refractivity contribution in [3.05, 3.63) is 96.7 Å². The number of imidazole rings is 2. The number of aldehydes is 1. The average Bonchev–Trinajstić information content (AvgIpc) is 1.37. The number of hydrogen-bond acceptors (Lipinski definition) is 26. The molecule has 36 heteroatoms. The van der Waals surface area contributed by atoms with Crippen LogP contribution in [-0.4, -0.2) is 206 Å². The number of fused-ring (bicyclic) bond motifs is 2. The number of carbonyl (C=O) groups is 9. The fraction of sp³-hybridized carbons (Fsp3) is 0.560. The van der Waals surface area contributed by atoms with E-state index in [1.165, 1.54) is 38.5 Å². The van der Waals surface area contributed by atoms with E-state index in [1.54, 1.807) is 12.4 Å². The van der Waals surface area contributed by atoms with E-state index in [2.05, 4.69) is 50.5 Å². The lowest BCUT2D eigenvalue weighted by molar-refractivity contribution is -0.156. The Hall–Kier alpha value is -10.8. The molecular formula is C84H112ClF3N18O14. The van der Waals surface area contributed by atoms with Gasteiger partial charge in [0.1, 0.15) is 46.4 Å². The van der Waals surface area contributed by atoms with Crippen LogP contribution in [-0.2, 0) is 47.8 Å². The molecule has 4 saturated heterocycles. The monoisotopic (exact) mass is 1690 g/mol. The van der Waals surface area contributed by atoms with Crippen LogP contribution in [0.1, 0.15) is 184 Å². The molecule has 16 rings (SSSR count). The molecule has 0 aromatic carbocycles. The number of amides is 4. The van der Waals surface area contributed by atoms with Gasteiger partial charge in [0.15, 0.2) is 34.4 Å². The number of nitrogens with one attached hydrogen (secondary N) is 2. The highest BCUT2D eigenvalue weighted by molar-refractivity contribution is 6.64. The van der Waals surface area contributed by atoms with Gasteiger partial charge in [-0.3, -0.25) is 38.4 Å². The third-order valence-corrected chi connectivity index (χ3v) is 21.0. The third kappa shape index (κ3) is 27.6. The van der Waals surface area contributed by atoms with E-state index < -0.39 is 29.9 Å². The summed E-state index contributed by atoms with van der Waals surface area (Å²) in [6.45, 7) is 23.5. The summed E-state index contributed by atoms with van der Waals surface area (Å²) in [5, 5.41) is 6.07. The van der Waals surface area contributed by atoms with Crippen molar-refractivity contribution in [3.8, 4) is 45.7 Å². The first-order valence-corrected chi connectivity index (χ1v) is 40.8. The Morgan fingerprint density at radius 1 is 0.575 bits per heavy atom. The molecule has 0 radical (unpaired) electrons. The molecule has 4 saturated carbocycles. The van der Waals surface area contributed by atoms with Crippen LogP contribution in [0.3, 0.4) is 0 Å². The van der Waals surface area contributed by atoms with E-state index in [9.17, 15) is 51.5 Å². The average molecular weight is 1690 g/mol. The van der Waals surface area contributed by atoms with Crippen LogP contribution in [0.2, 0.25) is 0 Å². The number of rotatable bonds is 19. The van der Waals surface area contributed by atoms with Crippen molar-refractivity contribution in [2.75, 3.05) is 84.0 Å². The van der Waals surface area contributed by atoms with Gasteiger partial charge in [-0.25, -0.2) is 44.7 Å². The number of esters is 3. The zero-order valence-corrected chi connectivity index (χ0v) is 69.5. The maximum Gasteiger partial charge on any atom is 0.446 e. The number of nitrogens with two attached hydrogens (primary N) is 3. The van der Waals surface area contributed by atoms with Crippen LogP contribution in [0, 0.1) is 61.2 Å². The minimum atomic E-state index is -4.64. The van der Waals surface area contributed by atoms with E-state index in [0.29, 0.717) is 101 Å². The van der Waals surface area contributed by atoms with Gasteiger partial charge in [-0.15, -0.1) is 0 Å². The Kier molecular flexibility index (Phi) is 32.5. The number of carbonyl (C=O) groups excluding carboxylic acids is 9. The van der Waals surface area contributed by atoms with Crippen molar-refractivity contribution in [1.82, 2.24) is 74.0 Å². The molecule has 650 valence electrons. The predicted octanol–water partition coefficient (Wildman–Crippen LogP) is 11.3. The molecule has 8 N–H and O–H groups in total. The zero-order valence-electron chi connectivity index (χ0n) is 68.8. The summed E-state index contributed by atoms with van der Waals surface area (Å²) in [5.41, 5.74) is 23.3. The number of oxazole rings is 2. The zero-order chi connectivity index (χ0) is 86.0. The molecule has 8 aromatic heterocycles. The van der Waals surface area contributed by atoms with Crippen LogP contribution < -0.4 is 27.8 Å². The second-order valence-corrected chi connectivity index (χ2v) is 33.4. The minimum absolute atomic E-state index is 0. The maximum atomic E-state index is 13.1. The summed E-state index contributed by atoms with van der Waals surface area (Å²) in [6, 6.07) is 7.40. The summed E-state index contributed by atoms with van der Waals surface area (Å²) in [4.78, 5) is 143. The van der Waals surface area contributed by atoms with E-state index in [-0.39, 0.29) is 88.7 Å². The lowest BCUT2D eigenvalue weighted by atomic mass is 10.0. The lowest BCUT2D eigenvalue weighted by Crippen LogP contribution is -2.34. The van der Waals surface area contributed by atoms with Gasteiger partial charge in [0.25, 0.3) is 5.91 Å². The predicted molar refractivity (Wildman–Crippen MR) is 440 cm³/mol. The number of halogens is 4. The van der Waals surface area contributed by atoms with Crippen molar-refractivity contribution in [3.63, 3.8) is 0 Å². The smallest absolute Gasteiger partial charge is 0.446 e. The minimum Gasteiger partial charge on any atom is -0.464 e. The van der Waals surface area contributed by atoms with Crippen LogP contribution in [0.4, 0.5) is 24.8 Å². The number of aromatic nitrogens is 10. The Bertz CT molecular complexity index is 4830. The molecule has 8 aromatic rings. The summed E-state index contributed by atoms with van der Waals surface area (Å²) in [5.74, 6) is 3.14. The van der Waals surface area contributed by atoms with E-state index in [4.69, 9.17) is 56.6 Å². The van der Waals surface area contributed by atoms with Gasteiger partial charge < -0.3 is 74.4 Å². The van der Waals surface area contributed by atoms with Crippen LogP contribution >= 0.6 is 11.6 Å². The first-order chi connectivity index (χ1) is 56.5. The van der Waals surface area contributed by atoms with Crippen molar-refractivity contribution in [1.29, 1.82) is 0 Å². The Balaban J connectivity index is 0.000000172. The topological polar surface area (TPSA) is 431 Å². The third-order valence-electron chi connectivity index (χ3n) is 20.6. The van der Waals surface area contributed by atoms with Gasteiger partial charge >= 0.3 is 24.1 Å². The molecule has 8 fully saturated rings. The Morgan fingerprint density at radius 2 is 0.992 bits per heavy atom. The molecule has 0 spiro atoms. The maximum absolute atomic E-state index is 13.1. The molecule has 8 aliphatic rings. The molecule has 0 bridgehead atoms. The molecule has 4 aliphatic carbocycles. The van der Waals surface area contributed by atoms with Crippen molar-refractivity contribution >= 4 is 87.6 Å². The number of aryl methyl sites for hydroxylation is 2. The second kappa shape index (κ2) is 41.9. The summed E-state index contributed by atoms with van der Waals surface area (Å²) in [7, 11) is 1.26. The summed E-state index contributed by atoms with van der Waals surface area (Å²) < 4.78 is 61.2. The number of likely N-dealkylation sites (tertiary alicyclic amines) is 3.